The van der Waals surface area contributed by atoms with Gasteiger partial charge in [0.1, 0.15) is 10.6 Å². The molecule has 23 heavy (non-hydrogen) atoms. The van der Waals surface area contributed by atoms with Crippen molar-refractivity contribution in [2.45, 2.75) is 23.8 Å². The maximum Gasteiger partial charge on any atom is 0.253 e. The molecule has 0 bridgehead atoms. The molecule has 1 aromatic rings. The third-order valence-electron chi connectivity index (χ3n) is 3.90. The van der Waals surface area contributed by atoms with Gasteiger partial charge in [-0.3, -0.25) is 4.79 Å². The molecule has 1 saturated carbocycles. The minimum Gasteiger partial charge on any atom is -0.495 e. The predicted molar refractivity (Wildman–Crippen MR) is 89.6 cm³/mol. The molecule has 6 nitrogen and oxygen atoms in total. The standard InChI is InChI=1S/C15H20N2O4S2/c1-21-13-5-2-11(15(18)17-6-8-22-9-7-17)10-14(13)23(19,20)16-12-3-4-12/h2,5,10,12,16H,3-4,6-9H2,1H3. The fourth-order valence-corrected chi connectivity index (χ4v) is 4.86. The van der Waals surface area contributed by atoms with Crippen LogP contribution in [0.2, 0.25) is 0 Å². The summed E-state index contributed by atoms with van der Waals surface area (Å²) in [6.07, 6.45) is 1.71. The first-order valence-corrected chi connectivity index (χ1v) is 10.2. The van der Waals surface area contributed by atoms with Gasteiger partial charge in [0.15, 0.2) is 0 Å². The third kappa shape index (κ3) is 3.81. The number of benzene rings is 1. The molecule has 1 saturated heterocycles. The zero-order valence-corrected chi connectivity index (χ0v) is 14.6. The lowest BCUT2D eigenvalue weighted by Gasteiger charge is -2.26. The van der Waals surface area contributed by atoms with E-state index in [1.807, 2.05) is 11.8 Å². The number of carbonyl (C=O) groups is 1. The van der Waals surface area contributed by atoms with Crippen molar-refractivity contribution in [3.63, 3.8) is 0 Å². The van der Waals surface area contributed by atoms with E-state index in [2.05, 4.69) is 4.72 Å². The van der Waals surface area contributed by atoms with E-state index in [1.165, 1.54) is 13.2 Å². The summed E-state index contributed by atoms with van der Waals surface area (Å²) in [5.74, 6) is 1.95. The summed E-state index contributed by atoms with van der Waals surface area (Å²) in [6.45, 7) is 1.38. The van der Waals surface area contributed by atoms with E-state index in [0.29, 0.717) is 18.7 Å². The molecule has 1 N–H and O–H groups in total. The molecule has 1 aliphatic carbocycles. The van der Waals surface area contributed by atoms with Crippen LogP contribution < -0.4 is 9.46 Å². The van der Waals surface area contributed by atoms with Crippen LogP contribution in [0.15, 0.2) is 23.1 Å². The molecule has 1 aromatic carbocycles. The van der Waals surface area contributed by atoms with E-state index in [9.17, 15) is 13.2 Å². The number of carbonyl (C=O) groups excluding carboxylic acids is 1. The van der Waals surface area contributed by atoms with Crippen molar-refractivity contribution in [2.24, 2.45) is 0 Å². The summed E-state index contributed by atoms with van der Waals surface area (Å²) in [5, 5.41) is 0. The molecule has 1 aliphatic heterocycles. The van der Waals surface area contributed by atoms with Crippen LogP contribution in [0.25, 0.3) is 0 Å². The van der Waals surface area contributed by atoms with Crippen molar-refractivity contribution in [1.82, 2.24) is 9.62 Å². The number of ether oxygens (including phenoxy) is 1. The minimum atomic E-state index is -3.68. The second-order valence-corrected chi connectivity index (χ2v) is 8.57. The Bertz CT molecular complexity index is 695. The van der Waals surface area contributed by atoms with Gasteiger partial charge >= 0.3 is 0 Å². The number of rotatable bonds is 5. The molecular weight excluding hydrogens is 336 g/mol. The van der Waals surface area contributed by atoms with Gasteiger partial charge in [0.2, 0.25) is 10.0 Å². The third-order valence-corrected chi connectivity index (χ3v) is 6.38. The van der Waals surface area contributed by atoms with Crippen molar-refractivity contribution in [2.75, 3.05) is 31.7 Å². The molecule has 2 fully saturated rings. The molecule has 0 unspecified atom stereocenters. The second kappa shape index (κ2) is 6.70. The van der Waals surface area contributed by atoms with Crippen LogP contribution in [0.3, 0.4) is 0 Å². The van der Waals surface area contributed by atoms with E-state index in [1.54, 1.807) is 17.0 Å². The van der Waals surface area contributed by atoms with Crippen molar-refractivity contribution in [1.29, 1.82) is 0 Å². The molecule has 0 aromatic heterocycles. The Morgan fingerprint density at radius 2 is 2.00 bits per heavy atom. The van der Waals surface area contributed by atoms with E-state index in [0.717, 1.165) is 24.3 Å². The number of thioether (sulfide) groups is 1. The fraction of sp³-hybridized carbons (Fsp3) is 0.533. The molecular formula is C15H20N2O4S2. The Morgan fingerprint density at radius 1 is 1.30 bits per heavy atom. The number of amides is 1. The first-order valence-electron chi connectivity index (χ1n) is 7.58. The Morgan fingerprint density at radius 3 is 2.61 bits per heavy atom. The number of nitrogens with one attached hydrogen (secondary N) is 1. The summed E-state index contributed by atoms with van der Waals surface area (Å²) in [7, 11) is -2.25. The summed E-state index contributed by atoms with van der Waals surface area (Å²) >= 11 is 1.82. The zero-order chi connectivity index (χ0) is 16.4. The molecule has 2 aliphatic rings. The van der Waals surface area contributed by atoms with Crippen molar-refractivity contribution < 1.29 is 17.9 Å². The maximum absolute atomic E-state index is 12.6. The largest absolute Gasteiger partial charge is 0.495 e. The first-order chi connectivity index (χ1) is 11.0. The number of nitrogens with zero attached hydrogens (tertiary/aromatic N) is 1. The van der Waals surface area contributed by atoms with E-state index < -0.39 is 10.0 Å². The van der Waals surface area contributed by atoms with E-state index >= 15 is 0 Å². The van der Waals surface area contributed by atoms with Gasteiger partial charge in [-0.05, 0) is 31.0 Å². The van der Waals surface area contributed by atoms with Gasteiger partial charge in [0.05, 0.1) is 7.11 Å². The van der Waals surface area contributed by atoms with E-state index in [4.69, 9.17) is 4.74 Å². The quantitative estimate of drug-likeness (QED) is 0.861. The van der Waals surface area contributed by atoms with Gasteiger partial charge in [-0.1, -0.05) is 0 Å². The van der Waals surface area contributed by atoms with Crippen LogP contribution in [0, 0.1) is 0 Å². The highest BCUT2D eigenvalue weighted by Gasteiger charge is 2.30. The highest BCUT2D eigenvalue weighted by atomic mass is 32.2. The smallest absolute Gasteiger partial charge is 0.253 e. The van der Waals surface area contributed by atoms with Gasteiger partial charge < -0.3 is 9.64 Å². The highest BCUT2D eigenvalue weighted by molar-refractivity contribution is 7.99. The fourth-order valence-electron chi connectivity index (χ4n) is 2.45. The monoisotopic (exact) mass is 356 g/mol. The number of hydrogen-bond acceptors (Lipinski definition) is 5. The Labute approximate surface area is 140 Å². The van der Waals surface area contributed by atoms with Gasteiger partial charge in [-0.2, -0.15) is 11.8 Å². The second-order valence-electron chi connectivity index (χ2n) is 5.67. The SMILES string of the molecule is COc1ccc(C(=O)N2CCSCC2)cc1S(=O)(=O)NC1CC1. The van der Waals surface area contributed by atoms with Gasteiger partial charge in [0.25, 0.3) is 5.91 Å². The van der Waals surface area contributed by atoms with Crippen LogP contribution in [0.5, 0.6) is 5.75 Å². The van der Waals surface area contributed by atoms with E-state index in [-0.39, 0.29) is 22.6 Å². The molecule has 0 atom stereocenters. The number of hydrogen-bond donors (Lipinski definition) is 1. The molecule has 1 amide bonds. The Kier molecular flexibility index (Phi) is 4.84. The lowest BCUT2D eigenvalue weighted by Crippen LogP contribution is -2.38. The summed E-state index contributed by atoms with van der Waals surface area (Å²) in [4.78, 5) is 14.4. The average Bonchev–Trinajstić information content (AvgIpc) is 3.37. The topological polar surface area (TPSA) is 75.7 Å². The normalized spacial score (nSPS) is 18.7. The van der Waals surface area contributed by atoms with Crippen LogP contribution in [-0.4, -0.2) is 57.0 Å². The molecule has 1 heterocycles. The molecule has 126 valence electrons. The summed E-state index contributed by atoms with van der Waals surface area (Å²) in [5.41, 5.74) is 0.383. The van der Waals surface area contributed by atoms with Crippen LogP contribution in [0.4, 0.5) is 0 Å². The first kappa shape index (κ1) is 16.6. The molecule has 0 spiro atoms. The van der Waals surface area contributed by atoms with Crippen LogP contribution in [0.1, 0.15) is 23.2 Å². The van der Waals surface area contributed by atoms with Gasteiger partial charge in [-0.15, -0.1) is 0 Å². The Balaban J connectivity index is 1.90. The molecule has 3 rings (SSSR count). The maximum atomic E-state index is 12.6. The minimum absolute atomic E-state index is 0.00295. The molecule has 0 radical (unpaired) electrons. The Hall–Kier alpha value is -1.25. The lowest BCUT2D eigenvalue weighted by molar-refractivity contribution is 0.0772. The van der Waals surface area contributed by atoms with Gasteiger partial charge in [0, 0.05) is 36.2 Å². The van der Waals surface area contributed by atoms with Crippen molar-refractivity contribution in [3.05, 3.63) is 23.8 Å². The van der Waals surface area contributed by atoms with Gasteiger partial charge in [-0.25, -0.2) is 13.1 Å². The summed E-state index contributed by atoms with van der Waals surface area (Å²) < 4.78 is 32.8. The summed E-state index contributed by atoms with van der Waals surface area (Å²) in [6, 6.07) is 4.60. The predicted octanol–water partition coefficient (Wildman–Crippen LogP) is 1.32. The van der Waals surface area contributed by atoms with Crippen LogP contribution in [-0.2, 0) is 10.0 Å². The lowest BCUT2D eigenvalue weighted by atomic mass is 10.2. The van der Waals surface area contributed by atoms with Crippen molar-refractivity contribution in [3.8, 4) is 5.75 Å². The average molecular weight is 356 g/mol. The zero-order valence-electron chi connectivity index (χ0n) is 12.9. The number of methoxy groups -OCH3 is 1. The molecule has 8 heteroatoms. The van der Waals surface area contributed by atoms with Crippen LogP contribution >= 0.6 is 11.8 Å². The highest BCUT2D eigenvalue weighted by Crippen LogP contribution is 2.29. The number of sulfonamides is 1. The van der Waals surface area contributed by atoms with Crippen molar-refractivity contribution >= 4 is 27.7 Å².